The lowest BCUT2D eigenvalue weighted by Gasteiger charge is -2.11. The summed E-state index contributed by atoms with van der Waals surface area (Å²) in [5.41, 5.74) is 7.25. The molecule has 8 rings (SSSR count). The molecule has 0 aliphatic heterocycles. The molecule has 8 aromatic rings. The highest BCUT2D eigenvalue weighted by molar-refractivity contribution is 9.10. The van der Waals surface area contributed by atoms with Gasteiger partial charge >= 0.3 is 0 Å². The molecule has 0 fully saturated rings. The molecule has 0 saturated carbocycles. The van der Waals surface area contributed by atoms with Crippen LogP contribution in [0.5, 0.6) is 0 Å². The summed E-state index contributed by atoms with van der Waals surface area (Å²) in [5, 5.41) is 2.39. The topological polar surface area (TPSA) is 51.6 Å². The first-order valence-corrected chi connectivity index (χ1v) is 15.8. The van der Waals surface area contributed by atoms with Gasteiger partial charge in [-0.1, -0.05) is 107 Å². The zero-order valence-corrected chi connectivity index (χ0v) is 25.8. The molecule has 0 N–H and O–H groups in total. The van der Waals surface area contributed by atoms with Crippen molar-refractivity contribution in [3.8, 4) is 56.4 Å². The third-order valence-corrected chi connectivity index (χ3v) is 9.27. The van der Waals surface area contributed by atoms with Crippen molar-refractivity contribution >= 4 is 47.4 Å². The van der Waals surface area contributed by atoms with Gasteiger partial charge in [0, 0.05) is 53.7 Å². The number of fused-ring (bicyclic) bond motifs is 3. The van der Waals surface area contributed by atoms with Crippen molar-refractivity contribution in [3.63, 3.8) is 0 Å². The SMILES string of the molecule is Brc1cc(-c2ccc(-c3cccnc3)cc2)cc(-c2nc(-c3ccccc3)nc(-c3cccc4sc5ccccc5c34)n2)c1. The third-order valence-electron chi connectivity index (χ3n) is 7.68. The van der Waals surface area contributed by atoms with E-state index in [0.717, 1.165) is 43.4 Å². The van der Waals surface area contributed by atoms with Gasteiger partial charge in [-0.3, -0.25) is 4.98 Å². The van der Waals surface area contributed by atoms with Gasteiger partial charge in [-0.2, -0.15) is 0 Å². The fraction of sp³-hybridized carbons (Fsp3) is 0. The molecule has 0 saturated heterocycles. The molecule has 3 aromatic heterocycles. The van der Waals surface area contributed by atoms with Gasteiger partial charge in [0.15, 0.2) is 17.5 Å². The van der Waals surface area contributed by atoms with Crippen LogP contribution in [0.15, 0.2) is 144 Å². The number of rotatable bonds is 5. The predicted molar refractivity (Wildman–Crippen MR) is 185 cm³/mol. The number of nitrogens with zero attached hydrogens (tertiary/aromatic N) is 4. The molecule has 0 unspecified atom stereocenters. The van der Waals surface area contributed by atoms with Crippen molar-refractivity contribution in [2.75, 3.05) is 0 Å². The van der Waals surface area contributed by atoms with Gasteiger partial charge in [-0.05, 0) is 58.7 Å². The van der Waals surface area contributed by atoms with Crippen LogP contribution in [-0.4, -0.2) is 19.9 Å². The average molecular weight is 648 g/mol. The Morgan fingerprint density at radius 3 is 1.93 bits per heavy atom. The van der Waals surface area contributed by atoms with Crippen molar-refractivity contribution in [3.05, 3.63) is 144 Å². The summed E-state index contributed by atoms with van der Waals surface area (Å²) in [4.78, 5) is 19.4. The Labute approximate surface area is 266 Å². The molecule has 0 spiro atoms. The number of halogens is 1. The maximum Gasteiger partial charge on any atom is 0.164 e. The number of benzene rings is 5. The standard InChI is InChI=1S/C38H23BrN4S/c39-30-21-28(25-17-15-24(16-18-25)27-10-7-19-40-23-27)20-29(22-30)37-41-36(26-8-2-1-3-9-26)42-38(43-37)32-12-6-14-34-35(32)31-11-4-5-13-33(31)44-34/h1-23H. The van der Waals surface area contributed by atoms with Crippen LogP contribution in [0.25, 0.3) is 76.6 Å². The number of hydrogen-bond donors (Lipinski definition) is 0. The van der Waals surface area contributed by atoms with Crippen LogP contribution in [0, 0.1) is 0 Å². The molecule has 3 heterocycles. The van der Waals surface area contributed by atoms with Crippen LogP contribution in [-0.2, 0) is 0 Å². The van der Waals surface area contributed by atoms with Gasteiger partial charge < -0.3 is 0 Å². The Morgan fingerprint density at radius 1 is 0.477 bits per heavy atom. The summed E-state index contributed by atoms with van der Waals surface area (Å²) in [6.45, 7) is 0. The molecule has 0 atom stereocenters. The average Bonchev–Trinajstić information content (AvgIpc) is 3.48. The van der Waals surface area contributed by atoms with E-state index in [4.69, 9.17) is 15.0 Å². The zero-order chi connectivity index (χ0) is 29.5. The quantitative estimate of drug-likeness (QED) is 0.187. The van der Waals surface area contributed by atoms with Crippen molar-refractivity contribution in [1.82, 2.24) is 19.9 Å². The van der Waals surface area contributed by atoms with Crippen LogP contribution in [0.3, 0.4) is 0 Å². The van der Waals surface area contributed by atoms with Gasteiger partial charge in [0.2, 0.25) is 0 Å². The van der Waals surface area contributed by atoms with Gasteiger partial charge in [0.1, 0.15) is 0 Å². The Balaban J connectivity index is 1.29. The summed E-state index contributed by atoms with van der Waals surface area (Å²) in [6, 6.07) is 43.9. The smallest absolute Gasteiger partial charge is 0.164 e. The summed E-state index contributed by atoms with van der Waals surface area (Å²) < 4.78 is 3.42. The fourth-order valence-electron chi connectivity index (χ4n) is 5.58. The highest BCUT2D eigenvalue weighted by atomic mass is 79.9. The molecule has 208 valence electrons. The highest BCUT2D eigenvalue weighted by Gasteiger charge is 2.17. The third kappa shape index (κ3) is 4.98. The predicted octanol–water partition coefficient (Wildman–Crippen LogP) is 10.7. The second kappa shape index (κ2) is 11.2. The molecule has 0 amide bonds. The highest BCUT2D eigenvalue weighted by Crippen LogP contribution is 2.40. The van der Waals surface area contributed by atoms with Gasteiger partial charge in [-0.25, -0.2) is 15.0 Å². The Bertz CT molecular complexity index is 2280. The van der Waals surface area contributed by atoms with E-state index >= 15 is 0 Å². The first-order chi connectivity index (χ1) is 21.7. The summed E-state index contributed by atoms with van der Waals surface area (Å²) in [6.07, 6.45) is 3.67. The minimum Gasteiger partial charge on any atom is -0.264 e. The number of aromatic nitrogens is 4. The molecular weight excluding hydrogens is 624 g/mol. The Hall–Kier alpha value is -5.04. The minimum absolute atomic E-state index is 0.625. The van der Waals surface area contributed by atoms with Crippen molar-refractivity contribution in [1.29, 1.82) is 0 Å². The van der Waals surface area contributed by atoms with E-state index in [2.05, 4.69) is 112 Å². The maximum atomic E-state index is 5.12. The van der Waals surface area contributed by atoms with Crippen LogP contribution in [0.4, 0.5) is 0 Å². The van der Waals surface area contributed by atoms with Crippen molar-refractivity contribution < 1.29 is 0 Å². The van der Waals surface area contributed by atoms with Gasteiger partial charge in [-0.15, -0.1) is 11.3 Å². The van der Waals surface area contributed by atoms with Crippen molar-refractivity contribution in [2.45, 2.75) is 0 Å². The second-order valence-corrected chi connectivity index (χ2v) is 12.5. The normalized spacial score (nSPS) is 11.3. The van der Waals surface area contributed by atoms with E-state index in [9.17, 15) is 0 Å². The molecule has 44 heavy (non-hydrogen) atoms. The van der Waals surface area contributed by atoms with Crippen molar-refractivity contribution in [2.24, 2.45) is 0 Å². The number of thiophene rings is 1. The van der Waals surface area contributed by atoms with Crippen LogP contribution in [0.2, 0.25) is 0 Å². The van der Waals surface area contributed by atoms with E-state index in [-0.39, 0.29) is 0 Å². The molecule has 0 radical (unpaired) electrons. The fourth-order valence-corrected chi connectivity index (χ4v) is 7.20. The molecule has 0 bridgehead atoms. The first kappa shape index (κ1) is 26.6. The lowest BCUT2D eigenvalue weighted by molar-refractivity contribution is 1.08. The minimum atomic E-state index is 0.625. The molecule has 6 heteroatoms. The summed E-state index contributed by atoms with van der Waals surface area (Å²) in [7, 11) is 0. The van der Waals surface area contributed by atoms with E-state index in [1.165, 1.54) is 20.2 Å². The van der Waals surface area contributed by atoms with Gasteiger partial charge in [0.25, 0.3) is 0 Å². The van der Waals surface area contributed by atoms with Gasteiger partial charge in [0.05, 0.1) is 0 Å². The monoisotopic (exact) mass is 646 g/mol. The van der Waals surface area contributed by atoms with Crippen LogP contribution in [0.1, 0.15) is 0 Å². The Morgan fingerprint density at radius 2 is 1.14 bits per heavy atom. The van der Waals surface area contributed by atoms with Crippen LogP contribution < -0.4 is 0 Å². The van der Waals surface area contributed by atoms with E-state index in [0.29, 0.717) is 17.5 Å². The second-order valence-electron chi connectivity index (χ2n) is 10.5. The van der Waals surface area contributed by atoms with E-state index in [1.54, 1.807) is 17.5 Å². The first-order valence-electron chi connectivity index (χ1n) is 14.2. The van der Waals surface area contributed by atoms with Crippen LogP contribution >= 0.6 is 27.3 Å². The summed E-state index contributed by atoms with van der Waals surface area (Å²) in [5.74, 6) is 1.93. The molecular formula is C38H23BrN4S. The zero-order valence-electron chi connectivity index (χ0n) is 23.4. The molecule has 0 aliphatic carbocycles. The Kier molecular flexibility index (Phi) is 6.78. The lowest BCUT2D eigenvalue weighted by Crippen LogP contribution is -2.00. The summed E-state index contributed by atoms with van der Waals surface area (Å²) >= 11 is 5.55. The molecule has 0 aliphatic rings. The molecule has 4 nitrogen and oxygen atoms in total. The number of pyridine rings is 1. The maximum absolute atomic E-state index is 5.12. The van der Waals surface area contributed by atoms with E-state index in [1.807, 2.05) is 42.6 Å². The van der Waals surface area contributed by atoms with E-state index < -0.39 is 0 Å². The number of hydrogen-bond acceptors (Lipinski definition) is 5. The largest absolute Gasteiger partial charge is 0.264 e. The lowest BCUT2D eigenvalue weighted by atomic mass is 9.99. The molecule has 5 aromatic carbocycles.